The van der Waals surface area contributed by atoms with Crippen LogP contribution in [-0.2, 0) is 6.54 Å². The molecule has 6 heteroatoms. The molecule has 100 valence electrons. The van der Waals surface area contributed by atoms with E-state index >= 15 is 0 Å². The molecule has 1 N–H and O–H groups in total. The maximum Gasteiger partial charge on any atom is 0.143 e. The summed E-state index contributed by atoms with van der Waals surface area (Å²) in [5.74, 6) is 0. The number of nitrogens with one attached hydrogen (secondary N) is 1. The molecule has 0 unspecified atom stereocenters. The van der Waals surface area contributed by atoms with E-state index < -0.39 is 0 Å². The Labute approximate surface area is 133 Å². The summed E-state index contributed by atoms with van der Waals surface area (Å²) < 4.78 is 1.93. The van der Waals surface area contributed by atoms with Gasteiger partial charge in [-0.1, -0.05) is 0 Å². The van der Waals surface area contributed by atoms with Crippen LogP contribution in [0.4, 0.5) is 0 Å². The van der Waals surface area contributed by atoms with Crippen molar-refractivity contribution in [2.75, 3.05) is 0 Å². The number of nitrogens with zero attached hydrogens (tertiary/aromatic N) is 2. The van der Waals surface area contributed by atoms with E-state index in [2.05, 4.69) is 54.1 Å². The van der Waals surface area contributed by atoms with Crippen LogP contribution in [-0.4, -0.2) is 16.0 Å². The highest BCUT2D eigenvalue weighted by molar-refractivity contribution is 9.11. The van der Waals surface area contributed by atoms with Gasteiger partial charge in [0.15, 0.2) is 0 Å². The number of aryl methyl sites for hydroxylation is 1. The molecule has 0 radical (unpaired) electrons. The smallest absolute Gasteiger partial charge is 0.143 e. The van der Waals surface area contributed by atoms with Crippen molar-refractivity contribution in [1.29, 1.82) is 0 Å². The molecule has 2 heterocycles. The fraction of sp³-hybridized carbons (Fsp3) is 0.385. The van der Waals surface area contributed by atoms with Crippen LogP contribution >= 0.6 is 43.2 Å². The molecule has 0 saturated heterocycles. The number of hydrogen-bond donors (Lipinski definition) is 1. The van der Waals surface area contributed by atoms with Crippen molar-refractivity contribution in [3.8, 4) is 10.7 Å². The standard InChI is InChI=1S/C13H13Br2N3S/c1-7-11(6-16-9-2-3-9)19-13(18-7)12-10(15)4-8(14)5-17-12/h4-5,9,16H,2-3,6H2,1H3. The van der Waals surface area contributed by atoms with Gasteiger partial charge < -0.3 is 5.32 Å². The first kappa shape index (κ1) is 13.7. The zero-order valence-corrected chi connectivity index (χ0v) is 14.4. The van der Waals surface area contributed by atoms with Crippen molar-refractivity contribution in [1.82, 2.24) is 15.3 Å². The number of pyridine rings is 1. The monoisotopic (exact) mass is 401 g/mol. The second-order valence-electron chi connectivity index (χ2n) is 4.67. The molecular formula is C13H13Br2N3S. The van der Waals surface area contributed by atoms with Crippen LogP contribution in [0.2, 0.25) is 0 Å². The summed E-state index contributed by atoms with van der Waals surface area (Å²) in [5.41, 5.74) is 2.01. The lowest BCUT2D eigenvalue weighted by Crippen LogP contribution is -2.14. The van der Waals surface area contributed by atoms with E-state index in [1.54, 1.807) is 17.5 Å². The maximum atomic E-state index is 4.64. The molecule has 0 atom stereocenters. The van der Waals surface area contributed by atoms with Gasteiger partial charge in [-0.3, -0.25) is 4.98 Å². The minimum Gasteiger partial charge on any atom is -0.309 e. The first-order valence-corrected chi connectivity index (χ1v) is 8.55. The molecule has 2 aromatic rings. The van der Waals surface area contributed by atoms with Crippen molar-refractivity contribution in [3.63, 3.8) is 0 Å². The van der Waals surface area contributed by atoms with Gasteiger partial charge in [-0.2, -0.15) is 0 Å². The molecule has 1 aliphatic rings. The topological polar surface area (TPSA) is 37.8 Å². The molecule has 1 saturated carbocycles. The molecule has 3 rings (SSSR count). The number of thiazole rings is 1. The van der Waals surface area contributed by atoms with Gasteiger partial charge >= 0.3 is 0 Å². The molecule has 0 amide bonds. The van der Waals surface area contributed by atoms with E-state index in [-0.39, 0.29) is 0 Å². The Bertz CT molecular complexity index is 608. The van der Waals surface area contributed by atoms with E-state index in [0.717, 1.165) is 37.9 Å². The quantitative estimate of drug-likeness (QED) is 0.828. The zero-order chi connectivity index (χ0) is 13.4. The molecule has 2 aromatic heterocycles. The fourth-order valence-corrected chi connectivity index (χ4v) is 4.12. The summed E-state index contributed by atoms with van der Waals surface area (Å²) in [6.45, 7) is 2.99. The molecule has 0 aromatic carbocycles. The van der Waals surface area contributed by atoms with Gasteiger partial charge in [-0.25, -0.2) is 4.98 Å². The normalized spacial score (nSPS) is 14.9. The lowest BCUT2D eigenvalue weighted by molar-refractivity contribution is 0.691. The highest BCUT2D eigenvalue weighted by Crippen LogP contribution is 2.33. The summed E-state index contributed by atoms with van der Waals surface area (Å²) >= 11 is 8.69. The molecule has 0 bridgehead atoms. The van der Waals surface area contributed by atoms with Gasteiger partial charge in [0.05, 0.1) is 5.69 Å². The van der Waals surface area contributed by atoms with Crippen molar-refractivity contribution in [3.05, 3.63) is 31.8 Å². The summed E-state index contributed by atoms with van der Waals surface area (Å²) in [4.78, 5) is 10.4. The number of hydrogen-bond acceptors (Lipinski definition) is 4. The van der Waals surface area contributed by atoms with Crippen LogP contribution in [0.5, 0.6) is 0 Å². The SMILES string of the molecule is Cc1nc(-c2ncc(Br)cc2Br)sc1CNC1CC1. The predicted octanol–water partition coefficient (Wildman–Crippen LogP) is 4.29. The minimum absolute atomic E-state index is 0.725. The van der Waals surface area contributed by atoms with Gasteiger partial charge in [0.25, 0.3) is 0 Å². The molecular weight excluding hydrogens is 390 g/mol. The lowest BCUT2D eigenvalue weighted by Gasteiger charge is -2.00. The zero-order valence-electron chi connectivity index (χ0n) is 10.4. The maximum absolute atomic E-state index is 4.64. The first-order chi connectivity index (χ1) is 9.13. The van der Waals surface area contributed by atoms with Crippen LogP contribution in [0.25, 0.3) is 10.7 Å². The average molecular weight is 403 g/mol. The third-order valence-corrected chi connectivity index (χ3v) is 5.23. The molecule has 0 spiro atoms. The molecule has 1 fully saturated rings. The summed E-state index contributed by atoms with van der Waals surface area (Å²) in [6.07, 6.45) is 4.42. The Morgan fingerprint density at radius 3 is 2.89 bits per heavy atom. The van der Waals surface area contributed by atoms with Gasteiger partial charge in [-0.15, -0.1) is 11.3 Å². The highest BCUT2D eigenvalue weighted by atomic mass is 79.9. The van der Waals surface area contributed by atoms with Crippen molar-refractivity contribution < 1.29 is 0 Å². The van der Waals surface area contributed by atoms with Crippen molar-refractivity contribution >= 4 is 43.2 Å². The van der Waals surface area contributed by atoms with Crippen molar-refractivity contribution in [2.24, 2.45) is 0 Å². The lowest BCUT2D eigenvalue weighted by atomic mass is 10.3. The Kier molecular flexibility index (Phi) is 4.03. The third-order valence-electron chi connectivity index (χ3n) is 3.03. The second-order valence-corrected chi connectivity index (χ2v) is 7.52. The van der Waals surface area contributed by atoms with E-state index in [9.17, 15) is 0 Å². The van der Waals surface area contributed by atoms with Crippen LogP contribution in [0, 0.1) is 6.92 Å². The highest BCUT2D eigenvalue weighted by Gasteiger charge is 2.21. The van der Waals surface area contributed by atoms with Crippen LogP contribution in [0.1, 0.15) is 23.4 Å². The van der Waals surface area contributed by atoms with E-state index in [4.69, 9.17) is 0 Å². The molecule has 19 heavy (non-hydrogen) atoms. The Hall–Kier alpha value is -0.300. The average Bonchev–Trinajstić information content (AvgIpc) is 3.11. The number of rotatable bonds is 4. The van der Waals surface area contributed by atoms with Crippen LogP contribution in [0.3, 0.4) is 0 Å². The number of halogens is 2. The van der Waals surface area contributed by atoms with E-state index in [0.29, 0.717) is 0 Å². The largest absolute Gasteiger partial charge is 0.309 e. The molecule has 1 aliphatic carbocycles. The van der Waals surface area contributed by atoms with E-state index in [1.165, 1.54) is 17.7 Å². The minimum atomic E-state index is 0.725. The molecule has 3 nitrogen and oxygen atoms in total. The van der Waals surface area contributed by atoms with Crippen LogP contribution < -0.4 is 5.32 Å². The van der Waals surface area contributed by atoms with Gasteiger partial charge in [0.2, 0.25) is 0 Å². The predicted molar refractivity (Wildman–Crippen MR) is 85.3 cm³/mol. The van der Waals surface area contributed by atoms with Gasteiger partial charge in [0, 0.05) is 32.6 Å². The summed E-state index contributed by atoms with van der Waals surface area (Å²) in [5, 5.41) is 4.51. The third kappa shape index (κ3) is 3.24. The van der Waals surface area contributed by atoms with Gasteiger partial charge in [-0.05, 0) is 57.7 Å². The van der Waals surface area contributed by atoms with Crippen molar-refractivity contribution in [2.45, 2.75) is 32.4 Å². The first-order valence-electron chi connectivity index (χ1n) is 6.14. The van der Waals surface area contributed by atoms with Gasteiger partial charge in [0.1, 0.15) is 10.7 Å². The number of aromatic nitrogens is 2. The summed E-state index contributed by atoms with van der Waals surface area (Å²) in [7, 11) is 0. The second kappa shape index (κ2) is 5.60. The Morgan fingerprint density at radius 2 is 2.21 bits per heavy atom. The molecule has 0 aliphatic heterocycles. The Balaban J connectivity index is 1.85. The fourth-order valence-electron chi connectivity index (χ4n) is 1.79. The van der Waals surface area contributed by atoms with E-state index in [1.807, 2.05) is 6.07 Å². The summed E-state index contributed by atoms with van der Waals surface area (Å²) in [6, 6.07) is 2.73. The van der Waals surface area contributed by atoms with Crippen LogP contribution in [0.15, 0.2) is 21.2 Å². The Morgan fingerprint density at radius 1 is 1.42 bits per heavy atom.